The molecule has 94 valence electrons. The van der Waals surface area contributed by atoms with Gasteiger partial charge in [0.25, 0.3) is 5.91 Å². The maximum atomic E-state index is 11.7. The predicted octanol–water partition coefficient (Wildman–Crippen LogP) is 1.49. The van der Waals surface area contributed by atoms with Crippen LogP contribution in [-0.4, -0.2) is 25.7 Å². The number of ether oxygens (including phenoxy) is 1. The first-order chi connectivity index (χ1) is 8.10. The van der Waals surface area contributed by atoms with E-state index in [2.05, 4.69) is 5.32 Å². The van der Waals surface area contributed by atoms with Gasteiger partial charge in [0.2, 0.25) is 0 Å². The molecule has 1 amide bonds. The van der Waals surface area contributed by atoms with Crippen molar-refractivity contribution in [3.05, 3.63) is 34.9 Å². The van der Waals surface area contributed by atoms with Crippen LogP contribution in [0.25, 0.3) is 0 Å². The van der Waals surface area contributed by atoms with Crippen LogP contribution in [0.1, 0.15) is 18.5 Å². The quantitative estimate of drug-likeness (QED) is 0.839. The summed E-state index contributed by atoms with van der Waals surface area (Å²) in [5.74, 6) is -0.234. The molecular weight excluding hydrogens is 240 g/mol. The van der Waals surface area contributed by atoms with Gasteiger partial charge in [0, 0.05) is 18.7 Å². The Kier molecular flexibility index (Phi) is 5.41. The Bertz CT molecular complexity index is 381. The van der Waals surface area contributed by atoms with E-state index in [0.717, 1.165) is 5.56 Å². The Morgan fingerprint density at radius 2 is 2.18 bits per heavy atom. The molecule has 1 aromatic carbocycles. The molecule has 5 heteroatoms. The molecule has 0 aliphatic carbocycles. The van der Waals surface area contributed by atoms with Crippen LogP contribution in [0, 0.1) is 0 Å². The minimum absolute atomic E-state index is 0.150. The van der Waals surface area contributed by atoms with Gasteiger partial charge in [-0.25, -0.2) is 0 Å². The molecule has 0 spiro atoms. The lowest BCUT2D eigenvalue weighted by atomic mass is 10.1. The average molecular weight is 257 g/mol. The van der Waals surface area contributed by atoms with Crippen molar-refractivity contribution in [3.8, 4) is 0 Å². The summed E-state index contributed by atoms with van der Waals surface area (Å²) in [6, 6.07) is 7.20. The number of benzene rings is 1. The summed E-state index contributed by atoms with van der Waals surface area (Å²) in [7, 11) is 1.46. The van der Waals surface area contributed by atoms with Gasteiger partial charge in [0.05, 0.1) is 6.04 Å². The lowest BCUT2D eigenvalue weighted by Crippen LogP contribution is -2.41. The number of hydrogen-bond donors (Lipinski definition) is 2. The fraction of sp³-hybridized carbons (Fsp3) is 0.417. The van der Waals surface area contributed by atoms with E-state index >= 15 is 0 Å². The van der Waals surface area contributed by atoms with Gasteiger partial charge in [-0.05, 0) is 18.6 Å². The van der Waals surface area contributed by atoms with Crippen LogP contribution >= 0.6 is 11.6 Å². The number of halogens is 1. The molecule has 4 nitrogen and oxygen atoms in total. The number of nitrogens with one attached hydrogen (secondary N) is 1. The van der Waals surface area contributed by atoms with Gasteiger partial charge in [0.1, 0.15) is 6.10 Å². The SMILES string of the molecule is COC(CN)C(=O)NC(C)c1ccccc1Cl. The molecular formula is C12H17ClN2O2. The second-order valence-corrected chi connectivity index (χ2v) is 4.12. The number of nitrogens with two attached hydrogens (primary N) is 1. The van der Waals surface area contributed by atoms with Crippen molar-refractivity contribution < 1.29 is 9.53 Å². The first-order valence-electron chi connectivity index (χ1n) is 5.37. The molecule has 0 fully saturated rings. The third-order valence-electron chi connectivity index (χ3n) is 2.52. The van der Waals surface area contributed by atoms with E-state index in [0.29, 0.717) is 5.02 Å². The number of rotatable bonds is 5. The summed E-state index contributed by atoms with van der Waals surface area (Å²) in [4.78, 5) is 11.7. The molecule has 0 aliphatic heterocycles. The third kappa shape index (κ3) is 3.70. The van der Waals surface area contributed by atoms with Crippen LogP contribution in [0.3, 0.4) is 0 Å². The Morgan fingerprint density at radius 3 is 2.71 bits per heavy atom. The minimum Gasteiger partial charge on any atom is -0.370 e. The van der Waals surface area contributed by atoms with Crippen molar-refractivity contribution >= 4 is 17.5 Å². The molecule has 2 unspecified atom stereocenters. The third-order valence-corrected chi connectivity index (χ3v) is 2.87. The van der Waals surface area contributed by atoms with Crippen LogP contribution in [0.4, 0.5) is 0 Å². The molecule has 0 aliphatic rings. The van der Waals surface area contributed by atoms with E-state index < -0.39 is 6.10 Å². The Balaban J connectivity index is 2.70. The molecule has 3 N–H and O–H groups in total. The number of carbonyl (C=O) groups is 1. The highest BCUT2D eigenvalue weighted by molar-refractivity contribution is 6.31. The van der Waals surface area contributed by atoms with Crippen molar-refractivity contribution in [2.24, 2.45) is 5.73 Å². The highest BCUT2D eigenvalue weighted by Crippen LogP contribution is 2.22. The molecule has 2 atom stereocenters. The van der Waals surface area contributed by atoms with Gasteiger partial charge in [0.15, 0.2) is 0 Å². The summed E-state index contributed by atoms with van der Waals surface area (Å²) in [5, 5.41) is 3.44. The second-order valence-electron chi connectivity index (χ2n) is 3.71. The van der Waals surface area contributed by atoms with Crippen molar-refractivity contribution in [2.75, 3.05) is 13.7 Å². The second kappa shape index (κ2) is 6.59. The first-order valence-corrected chi connectivity index (χ1v) is 5.75. The summed E-state index contributed by atoms with van der Waals surface area (Å²) in [6.45, 7) is 2.01. The molecule has 0 bridgehead atoms. The monoisotopic (exact) mass is 256 g/mol. The lowest BCUT2D eigenvalue weighted by molar-refractivity contribution is -0.131. The first kappa shape index (κ1) is 14.0. The van der Waals surface area contributed by atoms with E-state index in [9.17, 15) is 4.79 Å². The van der Waals surface area contributed by atoms with Gasteiger partial charge < -0.3 is 15.8 Å². The summed E-state index contributed by atoms with van der Waals surface area (Å²) in [6.07, 6.45) is -0.625. The van der Waals surface area contributed by atoms with Crippen molar-refractivity contribution in [2.45, 2.75) is 19.1 Å². The summed E-state index contributed by atoms with van der Waals surface area (Å²) in [5.41, 5.74) is 6.29. The van der Waals surface area contributed by atoms with Crippen LogP contribution in [0.15, 0.2) is 24.3 Å². The summed E-state index contributed by atoms with van der Waals surface area (Å²) >= 11 is 6.04. The van der Waals surface area contributed by atoms with Crippen LogP contribution in [-0.2, 0) is 9.53 Å². The normalized spacial score (nSPS) is 14.1. The molecule has 0 saturated heterocycles. The lowest BCUT2D eigenvalue weighted by Gasteiger charge is -2.19. The van der Waals surface area contributed by atoms with Crippen molar-refractivity contribution in [1.29, 1.82) is 0 Å². The van der Waals surface area contributed by atoms with E-state index in [1.165, 1.54) is 7.11 Å². The predicted molar refractivity (Wildman–Crippen MR) is 67.9 cm³/mol. The Labute approximate surface area is 106 Å². The number of amides is 1. The maximum absolute atomic E-state index is 11.7. The zero-order valence-electron chi connectivity index (χ0n) is 9.94. The average Bonchev–Trinajstić information content (AvgIpc) is 2.31. The minimum atomic E-state index is -0.625. The van der Waals surface area contributed by atoms with E-state index in [1.54, 1.807) is 6.07 Å². The zero-order valence-corrected chi connectivity index (χ0v) is 10.7. The smallest absolute Gasteiger partial charge is 0.250 e. The highest BCUT2D eigenvalue weighted by Gasteiger charge is 2.19. The number of carbonyl (C=O) groups excluding carboxylic acids is 1. The van der Waals surface area contributed by atoms with E-state index in [-0.39, 0.29) is 18.5 Å². The number of hydrogen-bond acceptors (Lipinski definition) is 3. The number of methoxy groups -OCH3 is 1. The van der Waals surface area contributed by atoms with Crippen LogP contribution in [0.5, 0.6) is 0 Å². The van der Waals surface area contributed by atoms with E-state index in [4.69, 9.17) is 22.1 Å². The standard InChI is InChI=1S/C12H17ClN2O2/c1-8(9-5-3-4-6-10(9)13)15-12(16)11(7-14)17-2/h3-6,8,11H,7,14H2,1-2H3,(H,15,16). The topological polar surface area (TPSA) is 64.3 Å². The van der Waals surface area contributed by atoms with Gasteiger partial charge >= 0.3 is 0 Å². The van der Waals surface area contributed by atoms with Gasteiger partial charge in [-0.2, -0.15) is 0 Å². The van der Waals surface area contributed by atoms with Gasteiger partial charge in [-0.15, -0.1) is 0 Å². The largest absolute Gasteiger partial charge is 0.370 e. The van der Waals surface area contributed by atoms with Gasteiger partial charge in [-0.1, -0.05) is 29.8 Å². The molecule has 1 rings (SSSR count). The van der Waals surface area contributed by atoms with Crippen molar-refractivity contribution in [1.82, 2.24) is 5.32 Å². The van der Waals surface area contributed by atoms with Crippen LogP contribution in [0.2, 0.25) is 5.02 Å². The maximum Gasteiger partial charge on any atom is 0.250 e. The molecule has 0 saturated carbocycles. The van der Waals surface area contributed by atoms with Gasteiger partial charge in [-0.3, -0.25) is 4.79 Å². The summed E-state index contributed by atoms with van der Waals surface area (Å²) < 4.78 is 4.96. The molecule has 17 heavy (non-hydrogen) atoms. The Morgan fingerprint density at radius 1 is 1.53 bits per heavy atom. The zero-order chi connectivity index (χ0) is 12.8. The van der Waals surface area contributed by atoms with Crippen LogP contribution < -0.4 is 11.1 Å². The Hall–Kier alpha value is -1.10. The molecule has 1 aromatic rings. The fourth-order valence-electron chi connectivity index (χ4n) is 1.52. The fourth-order valence-corrected chi connectivity index (χ4v) is 1.82. The van der Waals surface area contributed by atoms with Crippen molar-refractivity contribution in [3.63, 3.8) is 0 Å². The molecule has 0 radical (unpaired) electrons. The molecule has 0 aromatic heterocycles. The van der Waals surface area contributed by atoms with E-state index in [1.807, 2.05) is 25.1 Å². The molecule has 0 heterocycles. The highest BCUT2D eigenvalue weighted by atomic mass is 35.5.